The molecule has 0 aromatic heterocycles. The fraction of sp³-hybridized carbons (Fsp3) is 0.333. The van der Waals surface area contributed by atoms with Crippen molar-refractivity contribution in [2.45, 2.75) is 26.4 Å². The Balaban J connectivity index is 2.56. The Bertz CT molecular complexity index is 350. The first-order chi connectivity index (χ1) is 6.97. The minimum absolute atomic E-state index is 0.495. The van der Waals surface area contributed by atoms with E-state index >= 15 is 0 Å². The van der Waals surface area contributed by atoms with Gasteiger partial charge in [-0.25, -0.2) is 4.79 Å². The van der Waals surface area contributed by atoms with Gasteiger partial charge in [-0.1, -0.05) is 30.3 Å². The summed E-state index contributed by atoms with van der Waals surface area (Å²) in [6, 6.07) is 9.42. The molecule has 0 spiro atoms. The van der Waals surface area contributed by atoms with Crippen molar-refractivity contribution in [3.8, 4) is 0 Å². The molecule has 3 heteroatoms. The summed E-state index contributed by atoms with van der Waals surface area (Å²) in [6.45, 7) is 5.43. The topological polar surface area (TPSA) is 38.7 Å². The summed E-state index contributed by atoms with van der Waals surface area (Å²) < 4.78 is 5.02. The van der Waals surface area contributed by atoms with E-state index in [2.05, 4.69) is 4.99 Å². The maximum Gasteiger partial charge on any atom is 0.434 e. The van der Waals surface area contributed by atoms with Gasteiger partial charge in [0.25, 0.3) is 0 Å². The average Bonchev–Trinajstić information content (AvgIpc) is 2.14. The normalized spacial score (nSPS) is 11.7. The first kappa shape index (κ1) is 11.4. The van der Waals surface area contributed by atoms with Crippen molar-refractivity contribution in [2.75, 3.05) is 0 Å². The second-order valence-corrected chi connectivity index (χ2v) is 4.15. The van der Waals surface area contributed by atoms with Gasteiger partial charge in [0, 0.05) is 6.21 Å². The van der Waals surface area contributed by atoms with Crippen LogP contribution in [-0.2, 0) is 4.74 Å². The van der Waals surface area contributed by atoms with Gasteiger partial charge in [-0.2, -0.15) is 4.99 Å². The maximum atomic E-state index is 11.2. The van der Waals surface area contributed by atoms with Gasteiger partial charge >= 0.3 is 6.09 Å². The monoisotopic (exact) mass is 205 g/mol. The van der Waals surface area contributed by atoms with Crippen LogP contribution in [0.2, 0.25) is 0 Å². The number of amides is 1. The first-order valence-electron chi connectivity index (χ1n) is 4.79. The van der Waals surface area contributed by atoms with Crippen LogP contribution in [-0.4, -0.2) is 17.9 Å². The summed E-state index contributed by atoms with van der Waals surface area (Å²) in [4.78, 5) is 14.9. The molecule has 0 N–H and O–H groups in total. The van der Waals surface area contributed by atoms with E-state index in [1.165, 1.54) is 6.21 Å². The summed E-state index contributed by atoms with van der Waals surface area (Å²) in [5, 5.41) is 0. The smallest absolute Gasteiger partial charge is 0.434 e. The molecular weight excluding hydrogens is 190 g/mol. The van der Waals surface area contributed by atoms with Gasteiger partial charge in [0.1, 0.15) is 5.60 Å². The Labute approximate surface area is 89.8 Å². The van der Waals surface area contributed by atoms with Crippen molar-refractivity contribution >= 4 is 12.3 Å². The quantitative estimate of drug-likeness (QED) is 0.661. The maximum absolute atomic E-state index is 11.2. The number of carbonyl (C=O) groups is 1. The minimum Gasteiger partial charge on any atom is -0.442 e. The highest BCUT2D eigenvalue weighted by molar-refractivity contribution is 5.88. The third-order valence-electron chi connectivity index (χ3n) is 1.51. The Morgan fingerprint density at radius 2 is 1.87 bits per heavy atom. The second-order valence-electron chi connectivity index (χ2n) is 4.15. The zero-order valence-corrected chi connectivity index (χ0v) is 9.23. The van der Waals surface area contributed by atoms with E-state index in [0.29, 0.717) is 0 Å². The molecule has 0 aliphatic carbocycles. The van der Waals surface area contributed by atoms with Gasteiger partial charge in [-0.05, 0) is 26.3 Å². The lowest BCUT2D eigenvalue weighted by molar-refractivity contribution is 0.0605. The highest BCUT2D eigenvalue weighted by Gasteiger charge is 2.14. The van der Waals surface area contributed by atoms with Crippen molar-refractivity contribution in [2.24, 2.45) is 4.99 Å². The zero-order valence-electron chi connectivity index (χ0n) is 9.23. The van der Waals surface area contributed by atoms with Crippen LogP contribution in [0.5, 0.6) is 0 Å². The lowest BCUT2D eigenvalue weighted by Gasteiger charge is -2.16. The van der Waals surface area contributed by atoms with E-state index in [9.17, 15) is 4.79 Å². The molecule has 3 nitrogen and oxygen atoms in total. The number of hydrogen-bond donors (Lipinski definition) is 0. The van der Waals surface area contributed by atoms with Crippen molar-refractivity contribution < 1.29 is 9.53 Å². The van der Waals surface area contributed by atoms with E-state index < -0.39 is 11.7 Å². The molecule has 15 heavy (non-hydrogen) atoms. The standard InChI is InChI=1S/C12H15NO2/c1-12(2,3)15-11(14)13-9-10-7-5-4-6-8-10/h4-9H,1-3H3. The van der Waals surface area contributed by atoms with Crippen LogP contribution in [0, 0.1) is 0 Å². The van der Waals surface area contributed by atoms with Crippen LogP contribution in [0.4, 0.5) is 4.79 Å². The molecule has 0 saturated carbocycles. The molecule has 0 radical (unpaired) electrons. The van der Waals surface area contributed by atoms with Crippen LogP contribution in [0.25, 0.3) is 0 Å². The number of ether oxygens (including phenoxy) is 1. The number of hydrogen-bond acceptors (Lipinski definition) is 2. The molecule has 0 fully saturated rings. The molecule has 0 saturated heterocycles. The number of aliphatic imine (C=N–C) groups is 1. The lowest BCUT2D eigenvalue weighted by atomic mass is 10.2. The molecule has 1 amide bonds. The molecule has 1 aromatic carbocycles. The van der Waals surface area contributed by atoms with E-state index in [1.54, 1.807) is 0 Å². The number of carbonyl (C=O) groups excluding carboxylic acids is 1. The predicted molar refractivity (Wildman–Crippen MR) is 60.3 cm³/mol. The van der Waals surface area contributed by atoms with Gasteiger partial charge in [0.15, 0.2) is 0 Å². The molecule has 1 rings (SSSR count). The summed E-state index contributed by atoms with van der Waals surface area (Å²) in [5.74, 6) is 0. The Morgan fingerprint density at radius 1 is 1.27 bits per heavy atom. The lowest BCUT2D eigenvalue weighted by Crippen LogP contribution is -2.21. The number of nitrogens with zero attached hydrogens (tertiary/aromatic N) is 1. The Kier molecular flexibility index (Phi) is 3.61. The van der Waals surface area contributed by atoms with Crippen LogP contribution in [0.3, 0.4) is 0 Å². The van der Waals surface area contributed by atoms with Crippen LogP contribution in [0.1, 0.15) is 26.3 Å². The van der Waals surface area contributed by atoms with E-state index in [0.717, 1.165) is 5.56 Å². The second kappa shape index (κ2) is 4.73. The summed E-state index contributed by atoms with van der Waals surface area (Å²) in [7, 11) is 0. The molecule has 80 valence electrons. The van der Waals surface area contributed by atoms with E-state index in [1.807, 2.05) is 51.1 Å². The molecule has 1 aromatic rings. The fourth-order valence-electron chi connectivity index (χ4n) is 0.955. The van der Waals surface area contributed by atoms with E-state index in [-0.39, 0.29) is 0 Å². The Morgan fingerprint density at radius 3 is 2.40 bits per heavy atom. The summed E-state index contributed by atoms with van der Waals surface area (Å²) in [6.07, 6.45) is 0.931. The minimum atomic E-state index is -0.564. The predicted octanol–water partition coefficient (Wildman–Crippen LogP) is 3.04. The van der Waals surface area contributed by atoms with Crippen molar-refractivity contribution in [3.63, 3.8) is 0 Å². The van der Waals surface area contributed by atoms with Gasteiger partial charge < -0.3 is 4.74 Å². The van der Waals surface area contributed by atoms with Gasteiger partial charge in [-0.15, -0.1) is 0 Å². The first-order valence-corrected chi connectivity index (χ1v) is 4.79. The third-order valence-corrected chi connectivity index (χ3v) is 1.51. The molecule has 0 atom stereocenters. The molecule has 0 heterocycles. The summed E-state index contributed by atoms with van der Waals surface area (Å²) >= 11 is 0. The van der Waals surface area contributed by atoms with Crippen LogP contribution in [0.15, 0.2) is 35.3 Å². The van der Waals surface area contributed by atoms with Crippen LogP contribution < -0.4 is 0 Å². The fourth-order valence-corrected chi connectivity index (χ4v) is 0.955. The van der Waals surface area contributed by atoms with Crippen molar-refractivity contribution in [1.82, 2.24) is 0 Å². The molecule has 0 aliphatic rings. The Hall–Kier alpha value is -1.64. The van der Waals surface area contributed by atoms with Gasteiger partial charge in [-0.3, -0.25) is 0 Å². The highest BCUT2D eigenvalue weighted by atomic mass is 16.6. The molecule has 0 unspecified atom stereocenters. The van der Waals surface area contributed by atoms with E-state index in [4.69, 9.17) is 4.74 Å². The molecule has 0 aliphatic heterocycles. The largest absolute Gasteiger partial charge is 0.442 e. The SMILES string of the molecule is CC(C)(C)OC(=O)N=Cc1ccccc1. The highest BCUT2D eigenvalue weighted by Crippen LogP contribution is 2.07. The molecule has 0 bridgehead atoms. The number of benzene rings is 1. The molecular formula is C12H15NO2. The van der Waals surface area contributed by atoms with Gasteiger partial charge in [0.05, 0.1) is 0 Å². The van der Waals surface area contributed by atoms with Crippen LogP contribution >= 0.6 is 0 Å². The van der Waals surface area contributed by atoms with Gasteiger partial charge in [0.2, 0.25) is 0 Å². The average molecular weight is 205 g/mol. The van der Waals surface area contributed by atoms with Crippen molar-refractivity contribution in [3.05, 3.63) is 35.9 Å². The number of rotatable bonds is 1. The third kappa shape index (κ3) is 4.96. The van der Waals surface area contributed by atoms with Crippen molar-refractivity contribution in [1.29, 1.82) is 0 Å². The zero-order chi connectivity index (χ0) is 11.3. The summed E-state index contributed by atoms with van der Waals surface area (Å²) in [5.41, 5.74) is 0.383.